The summed E-state index contributed by atoms with van der Waals surface area (Å²) < 4.78 is 64.3. The van der Waals surface area contributed by atoms with Gasteiger partial charge in [-0.05, 0) is 162 Å². The number of benzene rings is 1. The Balaban J connectivity index is 0.000000208. The highest BCUT2D eigenvalue weighted by Gasteiger charge is 2.47. The summed E-state index contributed by atoms with van der Waals surface area (Å²) >= 11 is 8.29. The van der Waals surface area contributed by atoms with Crippen LogP contribution in [-0.4, -0.2) is 48.4 Å². The van der Waals surface area contributed by atoms with Crippen LogP contribution in [0.2, 0.25) is 5.02 Å². The monoisotopic (exact) mass is 772 g/mol. The Morgan fingerprint density at radius 2 is 1.39 bits per heavy atom. The quantitative estimate of drug-likeness (QED) is 0.197. The van der Waals surface area contributed by atoms with Crippen LogP contribution in [0.3, 0.4) is 0 Å². The van der Waals surface area contributed by atoms with Crippen molar-refractivity contribution in [2.75, 3.05) is 11.5 Å². The zero-order valence-electron chi connectivity index (χ0n) is 30.6. The van der Waals surface area contributed by atoms with E-state index in [0.717, 1.165) is 80.2 Å². The molecule has 5 nitrogen and oxygen atoms in total. The Kier molecular flexibility index (Phi) is 12.5. The number of nitrogens with one attached hydrogen (secondary N) is 1. The average molecular weight is 774 g/mol. The number of hydrogen-bond acceptors (Lipinski definition) is 5. The van der Waals surface area contributed by atoms with Gasteiger partial charge in [-0.3, -0.25) is 4.79 Å². The molecule has 0 spiro atoms. The van der Waals surface area contributed by atoms with E-state index in [4.69, 9.17) is 17.3 Å². The lowest BCUT2D eigenvalue weighted by Crippen LogP contribution is -2.49. The molecule has 0 aromatic heterocycles. The molecule has 1 amide bonds. The van der Waals surface area contributed by atoms with Crippen LogP contribution >= 0.6 is 23.4 Å². The number of nitrogens with two attached hydrogens (primary N) is 1. The van der Waals surface area contributed by atoms with E-state index in [-0.39, 0.29) is 27.3 Å². The molecule has 2 unspecified atom stereocenters. The van der Waals surface area contributed by atoms with Crippen LogP contribution in [0.1, 0.15) is 145 Å². The average Bonchev–Trinajstić information content (AvgIpc) is 3.87. The number of carbonyl (C=O) groups is 1. The largest absolute Gasteiger partial charge is 0.416 e. The molecule has 6 aliphatic rings. The smallest absolute Gasteiger partial charge is 0.349 e. The fourth-order valence-electron chi connectivity index (χ4n) is 8.92. The number of sulfone groups is 1. The van der Waals surface area contributed by atoms with Crippen molar-refractivity contribution in [2.24, 2.45) is 40.2 Å². The molecular formula is C40H60ClF3N2O3S2. The lowest BCUT2D eigenvalue weighted by molar-refractivity contribution is -0.137. The second-order valence-electron chi connectivity index (χ2n) is 17.6. The van der Waals surface area contributed by atoms with Crippen molar-refractivity contribution >= 4 is 39.1 Å². The molecule has 0 aliphatic heterocycles. The minimum Gasteiger partial charge on any atom is -0.349 e. The van der Waals surface area contributed by atoms with Crippen molar-refractivity contribution in [1.29, 1.82) is 0 Å². The summed E-state index contributed by atoms with van der Waals surface area (Å²) in [6.07, 6.45) is 16.5. The lowest BCUT2D eigenvalue weighted by atomic mass is 9.66. The number of thioether (sulfide) groups is 1. The van der Waals surface area contributed by atoms with E-state index in [9.17, 15) is 26.4 Å². The normalized spacial score (nSPS) is 31.3. The Morgan fingerprint density at radius 1 is 0.863 bits per heavy atom. The third kappa shape index (κ3) is 10.8. The molecule has 0 radical (unpaired) electrons. The van der Waals surface area contributed by atoms with Crippen molar-refractivity contribution in [2.45, 2.75) is 158 Å². The van der Waals surface area contributed by atoms with E-state index in [0.29, 0.717) is 41.9 Å². The van der Waals surface area contributed by atoms with E-state index < -0.39 is 27.5 Å². The fraction of sp³-hybridized carbons (Fsp3) is 0.825. The molecule has 6 fully saturated rings. The zero-order chi connectivity index (χ0) is 36.6. The van der Waals surface area contributed by atoms with E-state index in [2.05, 4.69) is 24.0 Å². The van der Waals surface area contributed by atoms with Gasteiger partial charge in [0, 0.05) is 17.3 Å². The highest BCUT2D eigenvalue weighted by molar-refractivity contribution is 7.99. The minimum absolute atomic E-state index is 0.0128. The Bertz CT molecular complexity index is 1460. The number of rotatable bonds is 14. The predicted octanol–water partition coefficient (Wildman–Crippen LogP) is 10.2. The number of carbonyl (C=O) groups excluding carboxylic acids is 1. The van der Waals surface area contributed by atoms with E-state index in [1.54, 1.807) is 0 Å². The molecular weight excluding hydrogens is 713 g/mol. The standard InChI is InChI=1S/C24H31ClF3NO3S.C16H29NS/c1-15(29-22(30)20-7-6-18(12-21(20)25)24(26,27)28)23(13-16-2-3-16)10-8-19(9-11-23)33(31,32)14-17-4-5-17;1-12(17)16(10-13-2-3-13)8-6-15(7-9-16)18-11-14-4-5-14/h6-7,12,15-17,19H,2-5,8-11,13-14H2,1H3,(H,29,30);12-15H,2-11,17H2,1H3. The molecule has 6 aliphatic carbocycles. The molecule has 7 rings (SSSR count). The molecule has 3 N–H and O–H groups in total. The highest BCUT2D eigenvalue weighted by atomic mass is 35.5. The second kappa shape index (κ2) is 16.0. The highest BCUT2D eigenvalue weighted by Crippen LogP contribution is 2.52. The van der Waals surface area contributed by atoms with Crippen molar-refractivity contribution in [3.63, 3.8) is 0 Å². The summed E-state index contributed by atoms with van der Waals surface area (Å²) in [5, 5.41) is 3.39. The Morgan fingerprint density at radius 3 is 1.88 bits per heavy atom. The minimum atomic E-state index is -4.53. The molecule has 0 heterocycles. The van der Waals surface area contributed by atoms with Gasteiger partial charge in [-0.15, -0.1) is 0 Å². The van der Waals surface area contributed by atoms with Crippen LogP contribution < -0.4 is 11.1 Å². The summed E-state index contributed by atoms with van der Waals surface area (Å²) in [5.41, 5.74) is 5.77. The van der Waals surface area contributed by atoms with Crippen LogP contribution in [0, 0.1) is 34.5 Å². The molecule has 1 aromatic rings. The van der Waals surface area contributed by atoms with Crippen molar-refractivity contribution in [1.82, 2.24) is 5.32 Å². The predicted molar refractivity (Wildman–Crippen MR) is 203 cm³/mol. The molecule has 288 valence electrons. The zero-order valence-corrected chi connectivity index (χ0v) is 33.0. The van der Waals surface area contributed by atoms with Crippen LogP contribution in [-0.2, 0) is 16.0 Å². The molecule has 51 heavy (non-hydrogen) atoms. The number of amides is 1. The maximum Gasteiger partial charge on any atom is 0.416 e. The van der Waals surface area contributed by atoms with Crippen LogP contribution in [0.4, 0.5) is 13.2 Å². The van der Waals surface area contributed by atoms with Gasteiger partial charge >= 0.3 is 6.18 Å². The SMILES string of the molecule is CC(N)C1(CC2CC2)CCC(SCC2CC2)CC1.CC(NC(=O)c1ccc(C(F)(F)F)cc1Cl)C1(CC2CC2)CCC(S(=O)(=O)CC2CC2)CC1. The first-order valence-electron chi connectivity index (χ1n) is 19.8. The van der Waals surface area contributed by atoms with Gasteiger partial charge in [-0.1, -0.05) is 37.3 Å². The van der Waals surface area contributed by atoms with Crippen molar-refractivity contribution in [3.05, 3.63) is 34.3 Å². The van der Waals surface area contributed by atoms with Crippen LogP contribution in [0.15, 0.2) is 18.2 Å². The fourth-order valence-corrected chi connectivity index (χ4v) is 12.8. The Hall–Kier alpha value is -0.970. The first kappa shape index (κ1) is 39.7. The molecule has 11 heteroatoms. The maximum absolute atomic E-state index is 12.9. The van der Waals surface area contributed by atoms with Crippen LogP contribution in [0.5, 0.6) is 0 Å². The van der Waals surface area contributed by atoms with Crippen LogP contribution in [0.25, 0.3) is 0 Å². The van der Waals surface area contributed by atoms with Gasteiger partial charge in [0.15, 0.2) is 9.84 Å². The molecule has 2 atom stereocenters. The van der Waals surface area contributed by atoms with Gasteiger partial charge in [0.2, 0.25) is 0 Å². The topological polar surface area (TPSA) is 89.3 Å². The van der Waals surface area contributed by atoms with Gasteiger partial charge < -0.3 is 11.1 Å². The second-order valence-corrected chi connectivity index (χ2v) is 21.7. The molecule has 0 bridgehead atoms. The summed E-state index contributed by atoms with van der Waals surface area (Å²) in [6.45, 7) is 4.19. The first-order valence-corrected chi connectivity index (χ1v) is 23.0. The van der Waals surface area contributed by atoms with Gasteiger partial charge in [-0.25, -0.2) is 8.42 Å². The van der Waals surface area contributed by atoms with Gasteiger partial charge in [0.1, 0.15) is 0 Å². The maximum atomic E-state index is 12.9. The summed E-state index contributed by atoms with van der Waals surface area (Å²) in [4.78, 5) is 12.9. The van der Waals surface area contributed by atoms with E-state index >= 15 is 0 Å². The third-order valence-electron chi connectivity index (χ3n) is 13.4. The number of alkyl halides is 3. The lowest BCUT2D eigenvalue weighted by Gasteiger charge is -2.45. The molecule has 0 saturated heterocycles. The summed E-state index contributed by atoms with van der Waals surface area (Å²) in [7, 11) is -3.09. The first-order chi connectivity index (χ1) is 24.1. The van der Waals surface area contributed by atoms with Gasteiger partial charge in [0.05, 0.1) is 27.2 Å². The Labute approximate surface area is 313 Å². The summed E-state index contributed by atoms with van der Waals surface area (Å²) in [6, 6.07) is 2.92. The van der Waals surface area contributed by atoms with Crippen molar-refractivity contribution in [3.8, 4) is 0 Å². The molecule has 6 saturated carbocycles. The van der Waals surface area contributed by atoms with Crippen molar-refractivity contribution < 1.29 is 26.4 Å². The number of hydrogen-bond donors (Lipinski definition) is 2. The van der Waals surface area contributed by atoms with E-state index in [1.807, 2.05) is 6.92 Å². The molecule has 1 aromatic carbocycles. The van der Waals surface area contributed by atoms with E-state index in [1.165, 1.54) is 63.5 Å². The van der Waals surface area contributed by atoms with Gasteiger partial charge in [-0.2, -0.15) is 24.9 Å². The third-order valence-corrected chi connectivity index (χ3v) is 17.7. The summed E-state index contributed by atoms with van der Waals surface area (Å²) in [5.74, 6) is 4.29. The number of halogens is 4. The van der Waals surface area contributed by atoms with Gasteiger partial charge in [0.25, 0.3) is 5.91 Å².